The summed E-state index contributed by atoms with van der Waals surface area (Å²) in [4.78, 5) is 4.79. The van der Waals surface area contributed by atoms with Crippen molar-refractivity contribution in [2.24, 2.45) is 10.9 Å². The quantitative estimate of drug-likeness (QED) is 0.106. The van der Waals surface area contributed by atoms with Crippen molar-refractivity contribution in [3.63, 3.8) is 0 Å². The maximum Gasteiger partial charge on any atom is 0.174 e. The topological polar surface area (TPSA) is 42.8 Å². The van der Waals surface area contributed by atoms with Crippen molar-refractivity contribution in [1.82, 2.24) is 0 Å². The van der Waals surface area contributed by atoms with Gasteiger partial charge in [-0.25, -0.2) is 0 Å². The van der Waals surface area contributed by atoms with E-state index >= 15 is 0 Å². The number of methoxy groups -OCH3 is 1. The van der Waals surface area contributed by atoms with Gasteiger partial charge in [-0.2, -0.15) is 0 Å². The molecule has 5 aromatic carbocycles. The van der Waals surface area contributed by atoms with Gasteiger partial charge in [0.25, 0.3) is 0 Å². The van der Waals surface area contributed by atoms with Crippen LogP contribution in [-0.2, 0) is 6.61 Å². The molecule has 5 heteroatoms. The molecular weight excluding hydrogens is 643 g/mol. The van der Waals surface area contributed by atoms with Gasteiger partial charge in [-0.3, -0.25) is 4.99 Å². The number of nitrogens with one attached hydrogen (secondary N) is 1. The van der Waals surface area contributed by atoms with Crippen molar-refractivity contribution in [1.29, 1.82) is 0 Å². The molecule has 0 saturated heterocycles. The second-order valence-electron chi connectivity index (χ2n) is 11.4. The van der Waals surface area contributed by atoms with Crippen LogP contribution in [0.1, 0.15) is 46.2 Å². The third kappa shape index (κ3) is 5.54. The van der Waals surface area contributed by atoms with E-state index in [-0.39, 0.29) is 6.04 Å². The predicted octanol–water partition coefficient (Wildman–Crippen LogP) is 9.92. The lowest BCUT2D eigenvalue weighted by Crippen LogP contribution is -2.29. The molecule has 3 atom stereocenters. The van der Waals surface area contributed by atoms with E-state index < -0.39 is 0 Å². The fraction of sp³-hybridized carbons (Fsp3) is 0.184. The van der Waals surface area contributed by atoms with Crippen molar-refractivity contribution in [2.45, 2.75) is 31.9 Å². The van der Waals surface area contributed by atoms with E-state index in [1.54, 1.807) is 7.11 Å². The van der Waals surface area contributed by atoms with Crippen LogP contribution in [0.3, 0.4) is 0 Å². The molecule has 0 unspecified atom stereocenters. The zero-order chi connectivity index (χ0) is 29.3. The SMILES string of the molecule is COc1cc(C=Nc2ccc([C@@H]3Nc4ccc(C)cc4[C@@H]4C=CC[C@H]43)cc2)cc(I)c1OCc1cccc2ccccc12. The number of anilines is 1. The predicted molar refractivity (Wildman–Crippen MR) is 185 cm³/mol. The number of ether oxygens (including phenoxy) is 2. The number of allylic oxidation sites excluding steroid dienone is 2. The third-order valence-corrected chi connectivity index (χ3v) is 9.44. The van der Waals surface area contributed by atoms with Crippen molar-refractivity contribution in [3.8, 4) is 11.5 Å². The zero-order valence-electron chi connectivity index (χ0n) is 24.3. The summed E-state index contributed by atoms with van der Waals surface area (Å²) >= 11 is 2.31. The van der Waals surface area contributed by atoms with Gasteiger partial charge >= 0.3 is 0 Å². The van der Waals surface area contributed by atoms with E-state index in [4.69, 9.17) is 14.5 Å². The van der Waals surface area contributed by atoms with Crippen molar-refractivity contribution < 1.29 is 9.47 Å². The average Bonchev–Trinajstić information content (AvgIpc) is 3.54. The van der Waals surface area contributed by atoms with Crippen LogP contribution in [-0.4, -0.2) is 13.3 Å². The van der Waals surface area contributed by atoms with Gasteiger partial charge in [0.2, 0.25) is 0 Å². The Morgan fingerprint density at radius 2 is 1.79 bits per heavy atom. The molecule has 0 bridgehead atoms. The van der Waals surface area contributed by atoms with E-state index in [1.165, 1.54) is 33.2 Å². The molecule has 0 saturated carbocycles. The van der Waals surface area contributed by atoms with Crippen molar-refractivity contribution >= 4 is 51.0 Å². The van der Waals surface area contributed by atoms with Gasteiger partial charge in [-0.15, -0.1) is 0 Å². The molecule has 0 radical (unpaired) electrons. The molecule has 0 aromatic heterocycles. The first-order valence-corrected chi connectivity index (χ1v) is 15.8. The summed E-state index contributed by atoms with van der Waals surface area (Å²) in [6.07, 6.45) is 7.72. The van der Waals surface area contributed by atoms with Crippen LogP contribution in [0, 0.1) is 16.4 Å². The summed E-state index contributed by atoms with van der Waals surface area (Å²) in [5.74, 6) is 2.44. The summed E-state index contributed by atoms with van der Waals surface area (Å²) in [5.41, 5.74) is 8.31. The van der Waals surface area contributed by atoms with Gasteiger partial charge in [0, 0.05) is 17.8 Å². The molecule has 1 heterocycles. The Kier molecular flexibility index (Phi) is 7.66. The van der Waals surface area contributed by atoms with Crippen LogP contribution in [0.25, 0.3) is 10.8 Å². The smallest absolute Gasteiger partial charge is 0.174 e. The van der Waals surface area contributed by atoms with Gasteiger partial charge in [-0.05, 0) is 105 Å². The van der Waals surface area contributed by atoms with E-state index in [9.17, 15) is 0 Å². The van der Waals surface area contributed by atoms with Gasteiger partial charge in [0.1, 0.15) is 6.61 Å². The fourth-order valence-corrected chi connectivity index (χ4v) is 7.26. The Hall–Kier alpha value is -4.10. The van der Waals surface area contributed by atoms with Crippen LogP contribution in [0.2, 0.25) is 0 Å². The Bertz CT molecular complexity index is 1860. The molecule has 2 aliphatic rings. The Balaban J connectivity index is 1.07. The Labute approximate surface area is 266 Å². The monoisotopic (exact) mass is 676 g/mol. The third-order valence-electron chi connectivity index (χ3n) is 8.64. The molecule has 1 aliphatic heterocycles. The molecular formula is C38H33IN2O2. The van der Waals surface area contributed by atoms with Crippen LogP contribution < -0.4 is 14.8 Å². The van der Waals surface area contributed by atoms with E-state index in [0.717, 1.165) is 32.6 Å². The number of fused-ring (bicyclic) bond motifs is 4. The maximum atomic E-state index is 6.31. The minimum Gasteiger partial charge on any atom is -0.493 e. The van der Waals surface area contributed by atoms with Crippen LogP contribution in [0.15, 0.2) is 114 Å². The molecule has 4 nitrogen and oxygen atoms in total. The number of halogens is 1. The van der Waals surface area contributed by atoms with Crippen LogP contribution in [0.4, 0.5) is 11.4 Å². The number of rotatable bonds is 7. The van der Waals surface area contributed by atoms with E-state index in [2.05, 4.69) is 138 Å². The number of aliphatic imine (C=N–C) groups is 1. The van der Waals surface area contributed by atoms with Gasteiger partial charge in [-0.1, -0.05) is 84.4 Å². The van der Waals surface area contributed by atoms with Crippen molar-refractivity contribution in [2.75, 3.05) is 12.4 Å². The molecule has 1 N–H and O–H groups in total. The number of benzene rings is 5. The van der Waals surface area contributed by atoms with E-state index in [0.29, 0.717) is 24.2 Å². The van der Waals surface area contributed by atoms with Gasteiger partial charge < -0.3 is 14.8 Å². The van der Waals surface area contributed by atoms with Gasteiger partial charge in [0.15, 0.2) is 11.5 Å². The highest BCUT2D eigenvalue weighted by molar-refractivity contribution is 14.1. The molecule has 0 amide bonds. The first kappa shape index (κ1) is 27.7. The lowest BCUT2D eigenvalue weighted by atomic mass is 9.76. The molecule has 7 rings (SSSR count). The first-order chi connectivity index (χ1) is 21.1. The summed E-state index contributed by atoms with van der Waals surface area (Å²) in [7, 11) is 1.68. The summed E-state index contributed by atoms with van der Waals surface area (Å²) in [6, 6.07) is 34.4. The first-order valence-electron chi connectivity index (χ1n) is 14.7. The number of hydrogen-bond acceptors (Lipinski definition) is 4. The van der Waals surface area contributed by atoms with Crippen LogP contribution >= 0.6 is 22.6 Å². The summed E-state index contributed by atoms with van der Waals surface area (Å²) < 4.78 is 13.0. The average molecular weight is 677 g/mol. The Morgan fingerprint density at radius 3 is 2.65 bits per heavy atom. The molecule has 43 heavy (non-hydrogen) atoms. The molecule has 0 spiro atoms. The summed E-state index contributed by atoms with van der Waals surface area (Å²) in [5, 5.41) is 6.25. The Morgan fingerprint density at radius 1 is 0.953 bits per heavy atom. The highest BCUT2D eigenvalue weighted by Crippen LogP contribution is 2.50. The number of aryl methyl sites for hydroxylation is 1. The molecule has 214 valence electrons. The lowest BCUT2D eigenvalue weighted by Gasteiger charge is -2.37. The minimum atomic E-state index is 0.278. The fourth-order valence-electron chi connectivity index (χ4n) is 6.48. The lowest BCUT2D eigenvalue weighted by molar-refractivity contribution is 0.283. The number of nitrogens with zero attached hydrogens (tertiary/aromatic N) is 1. The second-order valence-corrected chi connectivity index (χ2v) is 12.5. The highest BCUT2D eigenvalue weighted by atomic mass is 127. The van der Waals surface area contributed by atoms with Gasteiger partial charge in [0.05, 0.1) is 22.4 Å². The molecule has 0 fully saturated rings. The number of hydrogen-bond donors (Lipinski definition) is 1. The minimum absolute atomic E-state index is 0.278. The molecule has 1 aliphatic carbocycles. The standard InChI is InChI=1S/C38H33IN2O2/c1-24-13-18-35-33(19-24)31-11-6-12-32(31)37(41-35)27-14-16-29(17-15-27)40-22-25-20-34(39)38(36(21-25)42-2)43-23-28-9-5-8-26-7-3-4-10-30(26)28/h3-11,13-22,31-32,37,41H,12,23H2,1-2H3/t31-,32-,37+/m1/s1. The normalized spacial score (nSPS) is 18.8. The second kappa shape index (κ2) is 11.9. The van der Waals surface area contributed by atoms with Crippen LogP contribution in [0.5, 0.6) is 11.5 Å². The summed E-state index contributed by atoms with van der Waals surface area (Å²) in [6.45, 7) is 2.64. The maximum absolute atomic E-state index is 6.31. The highest BCUT2D eigenvalue weighted by Gasteiger charge is 2.37. The largest absolute Gasteiger partial charge is 0.493 e. The molecule has 5 aromatic rings. The van der Waals surface area contributed by atoms with Crippen molar-refractivity contribution in [3.05, 3.63) is 141 Å². The zero-order valence-corrected chi connectivity index (χ0v) is 26.4. The van der Waals surface area contributed by atoms with E-state index in [1.807, 2.05) is 12.3 Å².